The number of H-pyrrole nitrogens is 1. The summed E-state index contributed by atoms with van der Waals surface area (Å²) in [5, 5.41) is 8.61. The van der Waals surface area contributed by atoms with Crippen molar-refractivity contribution in [3.8, 4) is 0 Å². The van der Waals surface area contributed by atoms with Gasteiger partial charge in [0.05, 0.1) is 6.42 Å². The number of carboxylic acid groups (broad SMARTS) is 1. The quantitative estimate of drug-likeness (QED) is 0.723. The Hall–Kier alpha value is -1.25. The summed E-state index contributed by atoms with van der Waals surface area (Å²) < 4.78 is 0. The van der Waals surface area contributed by atoms with Crippen molar-refractivity contribution in [1.82, 2.24) is 4.98 Å². The van der Waals surface area contributed by atoms with E-state index in [1.165, 1.54) is 24.1 Å². The molecule has 0 amide bonds. The molecular weight excluding hydrogens is 166 g/mol. The van der Waals surface area contributed by atoms with Crippen molar-refractivity contribution in [3.05, 3.63) is 23.0 Å². The second kappa shape index (κ2) is 3.24. The lowest BCUT2D eigenvalue weighted by Crippen LogP contribution is -2.01. The summed E-state index contributed by atoms with van der Waals surface area (Å²) in [6, 6.07) is 2.00. The van der Waals surface area contributed by atoms with E-state index in [-0.39, 0.29) is 6.42 Å². The number of carbonyl (C=O) groups is 1. The first-order valence-electron chi connectivity index (χ1n) is 4.67. The van der Waals surface area contributed by atoms with Crippen LogP contribution in [-0.2, 0) is 24.1 Å². The molecule has 3 heteroatoms. The van der Waals surface area contributed by atoms with Crippen LogP contribution < -0.4 is 0 Å². The molecule has 1 aliphatic carbocycles. The number of nitrogens with one attached hydrogen (secondary N) is 1. The van der Waals surface area contributed by atoms with Gasteiger partial charge in [-0.05, 0) is 37.3 Å². The third-order valence-corrected chi connectivity index (χ3v) is 2.51. The molecule has 1 aromatic heterocycles. The van der Waals surface area contributed by atoms with E-state index in [1.807, 2.05) is 6.07 Å². The molecule has 1 heterocycles. The molecule has 13 heavy (non-hydrogen) atoms. The fourth-order valence-electron chi connectivity index (χ4n) is 1.93. The van der Waals surface area contributed by atoms with E-state index in [4.69, 9.17) is 5.11 Å². The van der Waals surface area contributed by atoms with Crippen LogP contribution in [0.1, 0.15) is 29.8 Å². The smallest absolute Gasteiger partial charge is 0.309 e. The third-order valence-electron chi connectivity index (χ3n) is 2.51. The number of rotatable bonds is 2. The van der Waals surface area contributed by atoms with Gasteiger partial charge in [0.15, 0.2) is 0 Å². The second-order valence-corrected chi connectivity index (χ2v) is 3.58. The van der Waals surface area contributed by atoms with Crippen LogP contribution in [0.4, 0.5) is 0 Å². The minimum Gasteiger partial charge on any atom is -0.481 e. The van der Waals surface area contributed by atoms with Gasteiger partial charge in [-0.3, -0.25) is 4.79 Å². The molecule has 0 aliphatic heterocycles. The Balaban J connectivity index is 2.20. The molecule has 0 radical (unpaired) electrons. The molecule has 0 unspecified atom stereocenters. The molecule has 0 aromatic carbocycles. The highest BCUT2D eigenvalue weighted by Gasteiger charge is 2.13. The minimum absolute atomic E-state index is 0.118. The van der Waals surface area contributed by atoms with Gasteiger partial charge < -0.3 is 10.1 Å². The number of hydrogen-bond donors (Lipinski definition) is 2. The zero-order valence-corrected chi connectivity index (χ0v) is 7.47. The van der Waals surface area contributed by atoms with Gasteiger partial charge in [-0.25, -0.2) is 0 Å². The number of aromatic amines is 1. The van der Waals surface area contributed by atoms with Crippen LogP contribution in [0.25, 0.3) is 0 Å². The summed E-state index contributed by atoms with van der Waals surface area (Å²) in [6.45, 7) is 0. The first-order valence-corrected chi connectivity index (χ1v) is 4.67. The Morgan fingerprint density at radius 1 is 1.46 bits per heavy atom. The monoisotopic (exact) mass is 179 g/mol. The van der Waals surface area contributed by atoms with E-state index in [1.54, 1.807) is 0 Å². The maximum absolute atomic E-state index is 10.5. The SMILES string of the molecule is O=C(O)Cc1cc2c([nH]1)CCCC2. The van der Waals surface area contributed by atoms with Crippen molar-refractivity contribution < 1.29 is 9.90 Å². The predicted molar refractivity (Wildman–Crippen MR) is 48.8 cm³/mol. The van der Waals surface area contributed by atoms with Crippen LogP contribution in [0.15, 0.2) is 6.07 Å². The molecule has 0 saturated heterocycles. The molecule has 2 rings (SSSR count). The van der Waals surface area contributed by atoms with Crippen LogP contribution in [0.2, 0.25) is 0 Å². The van der Waals surface area contributed by atoms with E-state index in [9.17, 15) is 4.79 Å². The average molecular weight is 179 g/mol. The van der Waals surface area contributed by atoms with Gasteiger partial charge in [0, 0.05) is 11.4 Å². The number of carboxylic acids is 1. The van der Waals surface area contributed by atoms with Gasteiger partial charge in [-0.15, -0.1) is 0 Å². The molecule has 0 bridgehead atoms. The van der Waals surface area contributed by atoms with E-state index in [2.05, 4.69) is 4.98 Å². The van der Waals surface area contributed by atoms with Crippen molar-refractivity contribution in [3.63, 3.8) is 0 Å². The lowest BCUT2D eigenvalue weighted by Gasteiger charge is -2.09. The summed E-state index contributed by atoms with van der Waals surface area (Å²) in [4.78, 5) is 13.6. The molecule has 1 aromatic rings. The Kier molecular flexibility index (Phi) is 2.08. The maximum Gasteiger partial charge on any atom is 0.309 e. The fourth-order valence-corrected chi connectivity index (χ4v) is 1.93. The average Bonchev–Trinajstić information content (AvgIpc) is 2.44. The third kappa shape index (κ3) is 1.74. The van der Waals surface area contributed by atoms with E-state index < -0.39 is 5.97 Å². The first-order chi connectivity index (χ1) is 6.25. The standard InChI is InChI=1S/C10H13NO2/c12-10(13)6-8-5-7-3-1-2-4-9(7)11-8/h5,11H,1-4,6H2,(H,12,13). The Morgan fingerprint density at radius 2 is 2.23 bits per heavy atom. The van der Waals surface area contributed by atoms with Gasteiger partial charge >= 0.3 is 5.97 Å². The molecular formula is C10H13NO2. The Labute approximate surface area is 76.8 Å². The number of hydrogen-bond acceptors (Lipinski definition) is 1. The molecule has 0 spiro atoms. The van der Waals surface area contributed by atoms with Gasteiger partial charge in [-0.1, -0.05) is 0 Å². The van der Waals surface area contributed by atoms with Gasteiger partial charge in [-0.2, -0.15) is 0 Å². The number of aryl methyl sites for hydroxylation is 2. The molecule has 0 atom stereocenters. The van der Waals surface area contributed by atoms with E-state index in [0.29, 0.717) is 0 Å². The van der Waals surface area contributed by atoms with Crippen molar-refractivity contribution in [2.45, 2.75) is 32.1 Å². The zero-order chi connectivity index (χ0) is 9.26. The highest BCUT2D eigenvalue weighted by molar-refractivity contribution is 5.69. The van der Waals surface area contributed by atoms with Crippen LogP contribution in [-0.4, -0.2) is 16.1 Å². The Bertz CT molecular complexity index is 304. The van der Waals surface area contributed by atoms with Crippen LogP contribution in [0.3, 0.4) is 0 Å². The van der Waals surface area contributed by atoms with Crippen molar-refractivity contribution in [2.75, 3.05) is 0 Å². The van der Waals surface area contributed by atoms with Crippen molar-refractivity contribution >= 4 is 5.97 Å². The summed E-state index contributed by atoms with van der Waals surface area (Å²) in [5.74, 6) is -0.765. The second-order valence-electron chi connectivity index (χ2n) is 3.58. The van der Waals surface area contributed by atoms with E-state index in [0.717, 1.165) is 18.5 Å². The fraction of sp³-hybridized carbons (Fsp3) is 0.500. The number of fused-ring (bicyclic) bond motifs is 1. The van der Waals surface area contributed by atoms with Crippen LogP contribution in [0.5, 0.6) is 0 Å². The molecule has 70 valence electrons. The van der Waals surface area contributed by atoms with Crippen molar-refractivity contribution in [1.29, 1.82) is 0 Å². The normalized spacial score (nSPS) is 15.4. The lowest BCUT2D eigenvalue weighted by atomic mass is 9.98. The summed E-state index contributed by atoms with van der Waals surface area (Å²) in [7, 11) is 0. The van der Waals surface area contributed by atoms with Gasteiger partial charge in [0.2, 0.25) is 0 Å². The van der Waals surface area contributed by atoms with Crippen LogP contribution in [0, 0.1) is 0 Å². The summed E-state index contributed by atoms with van der Waals surface area (Å²) >= 11 is 0. The topological polar surface area (TPSA) is 53.1 Å². The molecule has 2 N–H and O–H groups in total. The number of aliphatic carboxylic acids is 1. The predicted octanol–water partition coefficient (Wildman–Crippen LogP) is 1.52. The maximum atomic E-state index is 10.5. The molecule has 0 saturated carbocycles. The highest BCUT2D eigenvalue weighted by atomic mass is 16.4. The van der Waals surface area contributed by atoms with Gasteiger partial charge in [0.25, 0.3) is 0 Å². The molecule has 1 aliphatic rings. The van der Waals surface area contributed by atoms with Gasteiger partial charge in [0.1, 0.15) is 0 Å². The first kappa shape index (κ1) is 8.35. The Morgan fingerprint density at radius 3 is 2.92 bits per heavy atom. The summed E-state index contributed by atoms with van der Waals surface area (Å²) in [6.07, 6.45) is 4.75. The number of aromatic nitrogens is 1. The summed E-state index contributed by atoms with van der Waals surface area (Å²) in [5.41, 5.74) is 3.42. The largest absolute Gasteiger partial charge is 0.481 e. The lowest BCUT2D eigenvalue weighted by molar-refractivity contribution is -0.136. The van der Waals surface area contributed by atoms with Crippen LogP contribution >= 0.6 is 0 Å². The van der Waals surface area contributed by atoms with E-state index >= 15 is 0 Å². The van der Waals surface area contributed by atoms with Crippen molar-refractivity contribution in [2.24, 2.45) is 0 Å². The zero-order valence-electron chi connectivity index (χ0n) is 7.47. The minimum atomic E-state index is -0.765. The molecule has 3 nitrogen and oxygen atoms in total. The highest BCUT2D eigenvalue weighted by Crippen LogP contribution is 2.21. The molecule has 0 fully saturated rings.